The highest BCUT2D eigenvalue weighted by molar-refractivity contribution is 5.77. The van der Waals surface area contributed by atoms with Crippen molar-refractivity contribution in [2.24, 2.45) is 7.05 Å². The average molecular weight is 279 g/mol. The summed E-state index contributed by atoms with van der Waals surface area (Å²) < 4.78 is 1.72. The molecule has 2 aromatic heterocycles. The number of aryl methyl sites for hydroxylation is 2. The largest absolute Gasteiger partial charge is 0.342 e. The van der Waals surface area contributed by atoms with Crippen LogP contribution in [-0.4, -0.2) is 14.5 Å². The van der Waals surface area contributed by atoms with E-state index in [2.05, 4.69) is 16.0 Å². The molecule has 0 aromatic carbocycles. The molecule has 0 atom stereocenters. The summed E-state index contributed by atoms with van der Waals surface area (Å²) in [5, 5.41) is 17.8. The van der Waals surface area contributed by atoms with Gasteiger partial charge >= 0.3 is 0 Å². The zero-order chi connectivity index (χ0) is 15.6. The second-order valence-corrected chi connectivity index (χ2v) is 4.70. The van der Waals surface area contributed by atoms with Gasteiger partial charge in [-0.05, 0) is 37.1 Å². The van der Waals surface area contributed by atoms with E-state index in [0.29, 0.717) is 17.2 Å². The van der Waals surface area contributed by atoms with E-state index in [-0.39, 0.29) is 5.56 Å². The fourth-order valence-corrected chi connectivity index (χ4v) is 2.00. The van der Waals surface area contributed by atoms with Crippen molar-refractivity contribution in [1.82, 2.24) is 14.5 Å². The smallest absolute Gasteiger partial charge is 0.269 e. The number of hydrogen-bond donors (Lipinski definition) is 1. The average Bonchev–Trinajstić information content (AvgIpc) is 2.78. The molecule has 0 bridgehead atoms. The first-order valence-electron chi connectivity index (χ1n) is 6.22. The normalized spacial score (nSPS) is 11.0. The molecule has 21 heavy (non-hydrogen) atoms. The third-order valence-corrected chi connectivity index (χ3v) is 3.11. The minimum Gasteiger partial charge on any atom is -0.342 e. The van der Waals surface area contributed by atoms with Gasteiger partial charge in [-0.25, -0.2) is 4.98 Å². The van der Waals surface area contributed by atoms with Crippen LogP contribution in [0, 0.1) is 29.6 Å². The number of nitrogens with zero attached hydrogens (tertiary/aromatic N) is 4. The van der Waals surface area contributed by atoms with Gasteiger partial charge in [-0.15, -0.1) is 0 Å². The van der Waals surface area contributed by atoms with Crippen LogP contribution in [-0.2, 0) is 7.05 Å². The van der Waals surface area contributed by atoms with Crippen LogP contribution >= 0.6 is 0 Å². The fraction of sp³-hybridized carbons (Fsp3) is 0.200. The SMILES string of the molecule is CC(=Cc1cc(C#N)n(C)c1)c1nc(C)c(C#N)c(=O)[nH]1. The molecule has 0 aliphatic heterocycles. The Morgan fingerprint density at radius 3 is 2.67 bits per heavy atom. The van der Waals surface area contributed by atoms with Crippen LogP contribution in [0.25, 0.3) is 11.6 Å². The highest BCUT2D eigenvalue weighted by atomic mass is 16.1. The van der Waals surface area contributed by atoms with E-state index in [1.807, 2.05) is 25.3 Å². The molecule has 0 amide bonds. The highest BCUT2D eigenvalue weighted by Crippen LogP contribution is 2.16. The molecule has 0 aliphatic carbocycles. The molecule has 0 saturated carbocycles. The van der Waals surface area contributed by atoms with Crippen molar-refractivity contribution in [3.63, 3.8) is 0 Å². The summed E-state index contributed by atoms with van der Waals surface area (Å²) in [5.41, 5.74) is 2.11. The lowest BCUT2D eigenvalue weighted by atomic mass is 10.1. The predicted octanol–water partition coefficient (Wildman–Crippen LogP) is 1.72. The van der Waals surface area contributed by atoms with Crippen molar-refractivity contribution in [3.05, 3.63) is 51.0 Å². The van der Waals surface area contributed by atoms with E-state index < -0.39 is 5.56 Å². The Bertz CT molecular complexity index is 871. The first-order valence-corrected chi connectivity index (χ1v) is 6.22. The summed E-state index contributed by atoms with van der Waals surface area (Å²) in [6.45, 7) is 3.43. The van der Waals surface area contributed by atoms with Crippen LogP contribution in [0.3, 0.4) is 0 Å². The molecule has 6 heteroatoms. The number of aromatic nitrogens is 3. The van der Waals surface area contributed by atoms with Crippen LogP contribution in [0.4, 0.5) is 0 Å². The molecule has 0 unspecified atom stereocenters. The number of allylic oxidation sites excluding steroid dienone is 1. The number of rotatable bonds is 2. The molecular weight excluding hydrogens is 266 g/mol. The third kappa shape index (κ3) is 2.75. The molecule has 0 spiro atoms. The van der Waals surface area contributed by atoms with Crippen molar-refractivity contribution >= 4 is 11.6 Å². The van der Waals surface area contributed by atoms with Crippen molar-refractivity contribution in [2.45, 2.75) is 13.8 Å². The van der Waals surface area contributed by atoms with Gasteiger partial charge in [-0.2, -0.15) is 10.5 Å². The van der Waals surface area contributed by atoms with Gasteiger partial charge in [0, 0.05) is 13.2 Å². The second-order valence-electron chi connectivity index (χ2n) is 4.70. The molecule has 104 valence electrons. The van der Waals surface area contributed by atoms with E-state index >= 15 is 0 Å². The van der Waals surface area contributed by atoms with Crippen LogP contribution < -0.4 is 5.56 Å². The van der Waals surface area contributed by atoms with Crippen LogP contribution in [0.15, 0.2) is 17.1 Å². The summed E-state index contributed by atoms with van der Waals surface area (Å²) in [5.74, 6) is 0.416. The lowest BCUT2D eigenvalue weighted by molar-refractivity contribution is 0.907. The molecule has 2 aromatic rings. The Morgan fingerprint density at radius 1 is 1.43 bits per heavy atom. The third-order valence-electron chi connectivity index (χ3n) is 3.11. The Morgan fingerprint density at radius 2 is 2.14 bits per heavy atom. The topological polar surface area (TPSA) is 98.3 Å². The Labute approximate surface area is 121 Å². The lowest BCUT2D eigenvalue weighted by Crippen LogP contribution is -2.16. The number of nitrogens with one attached hydrogen (secondary N) is 1. The summed E-state index contributed by atoms with van der Waals surface area (Å²) >= 11 is 0. The lowest BCUT2D eigenvalue weighted by Gasteiger charge is -2.03. The molecule has 0 aliphatic rings. The molecule has 2 heterocycles. The fourth-order valence-electron chi connectivity index (χ4n) is 2.00. The molecule has 0 radical (unpaired) electrons. The predicted molar refractivity (Wildman–Crippen MR) is 78.0 cm³/mol. The number of nitriles is 2. The van der Waals surface area contributed by atoms with E-state index in [4.69, 9.17) is 10.5 Å². The highest BCUT2D eigenvalue weighted by Gasteiger charge is 2.09. The van der Waals surface area contributed by atoms with E-state index in [1.54, 1.807) is 24.6 Å². The van der Waals surface area contributed by atoms with Gasteiger partial charge in [-0.1, -0.05) is 0 Å². The van der Waals surface area contributed by atoms with Gasteiger partial charge in [0.2, 0.25) is 0 Å². The molecule has 2 rings (SSSR count). The zero-order valence-electron chi connectivity index (χ0n) is 11.9. The minimum absolute atomic E-state index is 0.0260. The van der Waals surface area contributed by atoms with Crippen LogP contribution in [0.1, 0.15) is 35.3 Å². The van der Waals surface area contributed by atoms with Crippen molar-refractivity contribution in [1.29, 1.82) is 10.5 Å². The Balaban J connectivity index is 2.47. The molecule has 1 N–H and O–H groups in total. The number of H-pyrrole nitrogens is 1. The quantitative estimate of drug-likeness (QED) is 0.904. The Kier molecular flexibility index (Phi) is 3.73. The first-order chi connectivity index (χ1) is 9.96. The minimum atomic E-state index is -0.446. The monoisotopic (exact) mass is 279 g/mol. The van der Waals surface area contributed by atoms with Gasteiger partial charge < -0.3 is 9.55 Å². The van der Waals surface area contributed by atoms with E-state index in [1.165, 1.54) is 0 Å². The summed E-state index contributed by atoms with van der Waals surface area (Å²) in [6.07, 6.45) is 3.64. The number of hydrogen-bond acceptors (Lipinski definition) is 4. The maximum Gasteiger partial charge on any atom is 0.269 e. The maximum atomic E-state index is 11.8. The van der Waals surface area contributed by atoms with Gasteiger partial charge in [0.25, 0.3) is 5.56 Å². The van der Waals surface area contributed by atoms with Crippen molar-refractivity contribution < 1.29 is 0 Å². The maximum absolute atomic E-state index is 11.8. The zero-order valence-corrected chi connectivity index (χ0v) is 11.9. The van der Waals surface area contributed by atoms with Gasteiger partial charge in [-0.3, -0.25) is 4.79 Å². The summed E-state index contributed by atoms with van der Waals surface area (Å²) in [6, 6.07) is 5.67. The van der Waals surface area contributed by atoms with Crippen molar-refractivity contribution in [2.75, 3.05) is 0 Å². The van der Waals surface area contributed by atoms with Crippen LogP contribution in [0.2, 0.25) is 0 Å². The van der Waals surface area contributed by atoms with Crippen LogP contribution in [0.5, 0.6) is 0 Å². The van der Waals surface area contributed by atoms with E-state index in [0.717, 1.165) is 11.1 Å². The first kappa shape index (κ1) is 14.3. The number of aromatic amines is 1. The van der Waals surface area contributed by atoms with Gasteiger partial charge in [0.1, 0.15) is 29.2 Å². The molecule has 0 saturated heterocycles. The standard InChI is InChI=1S/C15H13N5O/c1-9(4-11-5-12(6-16)20(3)8-11)14-18-10(2)13(7-17)15(21)19-14/h4-5,8H,1-3H3,(H,18,19,21). The summed E-state index contributed by atoms with van der Waals surface area (Å²) in [4.78, 5) is 18.6. The Hall–Kier alpha value is -3.12. The molecule has 6 nitrogen and oxygen atoms in total. The van der Waals surface area contributed by atoms with Gasteiger partial charge in [0.05, 0.1) is 5.69 Å². The molecular formula is C15H13N5O. The summed E-state index contributed by atoms with van der Waals surface area (Å²) in [7, 11) is 1.79. The van der Waals surface area contributed by atoms with Gasteiger partial charge in [0.15, 0.2) is 0 Å². The van der Waals surface area contributed by atoms with Crippen molar-refractivity contribution in [3.8, 4) is 12.1 Å². The second kappa shape index (κ2) is 5.48. The molecule has 0 fully saturated rings. The van der Waals surface area contributed by atoms with E-state index in [9.17, 15) is 4.79 Å².